The van der Waals surface area contributed by atoms with Crippen LogP contribution in [0.15, 0.2) is 54.7 Å². The minimum atomic E-state index is -4.69. The van der Waals surface area contributed by atoms with E-state index in [-0.39, 0.29) is 17.7 Å². The lowest BCUT2D eigenvalue weighted by Gasteiger charge is -2.31. The highest BCUT2D eigenvalue weighted by Gasteiger charge is 2.41. The molecule has 0 atom stereocenters. The molecule has 1 fully saturated rings. The van der Waals surface area contributed by atoms with Gasteiger partial charge in [0.25, 0.3) is 5.91 Å². The van der Waals surface area contributed by atoms with Crippen molar-refractivity contribution in [1.29, 1.82) is 0 Å². The van der Waals surface area contributed by atoms with E-state index in [4.69, 9.17) is 4.98 Å². The number of nitrogens with one attached hydrogen (secondary N) is 2. The van der Waals surface area contributed by atoms with Crippen molar-refractivity contribution in [2.75, 3.05) is 32.5 Å². The van der Waals surface area contributed by atoms with Crippen molar-refractivity contribution >= 4 is 11.9 Å². The highest BCUT2D eigenvalue weighted by Crippen LogP contribution is 2.47. The quantitative estimate of drug-likeness (QED) is 0.364. The molecule has 0 aliphatic heterocycles. The van der Waals surface area contributed by atoms with Crippen LogP contribution >= 0.6 is 0 Å². The molecule has 6 nitrogen and oxygen atoms in total. The Kier molecular flexibility index (Phi) is 8.30. The molecule has 0 spiro atoms. The van der Waals surface area contributed by atoms with Crippen LogP contribution in [0.2, 0.25) is 0 Å². The largest absolute Gasteiger partial charge is 0.416 e. The van der Waals surface area contributed by atoms with Gasteiger partial charge >= 0.3 is 6.18 Å². The van der Waals surface area contributed by atoms with Crippen molar-refractivity contribution in [2.24, 2.45) is 0 Å². The maximum absolute atomic E-state index is 13.9. The maximum Gasteiger partial charge on any atom is 0.416 e. The fourth-order valence-electron chi connectivity index (χ4n) is 4.98. The number of aromatic nitrogens is 2. The molecule has 1 aromatic heterocycles. The van der Waals surface area contributed by atoms with Gasteiger partial charge < -0.3 is 15.5 Å². The van der Waals surface area contributed by atoms with E-state index in [1.165, 1.54) is 6.20 Å². The average molecular weight is 530 g/mol. The summed E-state index contributed by atoms with van der Waals surface area (Å²) in [5.41, 5.74) is 0.278. The summed E-state index contributed by atoms with van der Waals surface area (Å²) < 4.78 is 53.3. The second-order valence-electron chi connectivity index (χ2n) is 9.87. The lowest BCUT2D eigenvalue weighted by atomic mass is 9.74. The Bertz CT molecular complexity index is 1260. The number of carbonyl (C=O) groups excluding carboxylic acids is 1. The van der Waals surface area contributed by atoms with Crippen LogP contribution in [0.5, 0.6) is 0 Å². The number of hydrogen-bond acceptors (Lipinski definition) is 5. The summed E-state index contributed by atoms with van der Waals surface area (Å²) in [6.07, 6.45) is 0.293. The zero-order valence-corrected chi connectivity index (χ0v) is 21.4. The normalized spacial score (nSPS) is 15.0. The number of likely N-dealkylation sites (N-methyl/N-ethyl adjacent to an activating group) is 1. The minimum absolute atomic E-state index is 0.00811. The Morgan fingerprint density at radius 2 is 1.79 bits per heavy atom. The van der Waals surface area contributed by atoms with Crippen molar-refractivity contribution in [3.8, 4) is 0 Å². The smallest absolute Gasteiger partial charge is 0.353 e. The number of carbonyl (C=O) groups is 1. The first kappa shape index (κ1) is 27.5. The molecular weight excluding hydrogens is 498 g/mol. The Hall–Kier alpha value is -3.53. The number of amides is 1. The fraction of sp³-hybridized carbons (Fsp3) is 0.393. The Balaban J connectivity index is 1.67. The van der Waals surface area contributed by atoms with Crippen LogP contribution in [0.3, 0.4) is 0 Å². The van der Waals surface area contributed by atoms with Crippen molar-refractivity contribution in [3.05, 3.63) is 88.5 Å². The number of nitrogens with zero attached hydrogens (tertiary/aromatic N) is 3. The lowest BCUT2D eigenvalue weighted by molar-refractivity contribution is -0.137. The second kappa shape index (κ2) is 11.5. The van der Waals surface area contributed by atoms with Crippen LogP contribution in [0, 0.1) is 5.82 Å². The van der Waals surface area contributed by atoms with Crippen molar-refractivity contribution in [2.45, 2.75) is 43.8 Å². The number of halogens is 4. The van der Waals surface area contributed by atoms with Crippen LogP contribution in [-0.2, 0) is 18.1 Å². The molecule has 1 aliphatic carbocycles. The Labute approximate surface area is 219 Å². The highest BCUT2D eigenvalue weighted by molar-refractivity contribution is 5.95. The zero-order chi connectivity index (χ0) is 27.3. The van der Waals surface area contributed by atoms with Crippen LogP contribution in [0.1, 0.15) is 58.4 Å². The van der Waals surface area contributed by atoms with E-state index < -0.39 is 28.9 Å². The van der Waals surface area contributed by atoms with Crippen LogP contribution in [-0.4, -0.2) is 48.0 Å². The molecule has 0 radical (unpaired) electrons. The van der Waals surface area contributed by atoms with Gasteiger partial charge in [0.1, 0.15) is 5.82 Å². The van der Waals surface area contributed by atoms with Gasteiger partial charge in [0.2, 0.25) is 5.95 Å². The van der Waals surface area contributed by atoms with E-state index in [2.05, 4.69) is 15.6 Å². The van der Waals surface area contributed by atoms with Gasteiger partial charge in [0, 0.05) is 31.2 Å². The SMILES string of the molecule is CN(C)CCNc1ncc(C(=O)NCc2cc(F)cc(C(F)(F)F)c2)c(C2(c3ccccc3)CCCC2)n1. The molecular formula is C28H31F4N5O. The number of hydrogen-bond donors (Lipinski definition) is 2. The zero-order valence-electron chi connectivity index (χ0n) is 21.4. The molecule has 0 unspecified atom stereocenters. The first-order valence-electron chi connectivity index (χ1n) is 12.5. The minimum Gasteiger partial charge on any atom is -0.353 e. The summed E-state index contributed by atoms with van der Waals surface area (Å²) in [6, 6.07) is 12.1. The first-order valence-corrected chi connectivity index (χ1v) is 12.5. The second-order valence-corrected chi connectivity index (χ2v) is 9.87. The summed E-state index contributed by atoms with van der Waals surface area (Å²) >= 11 is 0. The van der Waals surface area contributed by atoms with E-state index in [1.54, 1.807) is 0 Å². The molecule has 1 saturated carbocycles. The van der Waals surface area contributed by atoms with Crippen LogP contribution in [0.25, 0.3) is 0 Å². The van der Waals surface area contributed by atoms with Gasteiger partial charge in [0.05, 0.1) is 16.8 Å². The third kappa shape index (κ3) is 6.30. The average Bonchev–Trinajstić information content (AvgIpc) is 3.38. The van der Waals surface area contributed by atoms with E-state index in [0.29, 0.717) is 24.3 Å². The topological polar surface area (TPSA) is 70.2 Å². The number of rotatable bonds is 9. The van der Waals surface area contributed by atoms with Gasteiger partial charge in [0.15, 0.2) is 0 Å². The van der Waals surface area contributed by atoms with Gasteiger partial charge in [-0.05, 0) is 56.3 Å². The summed E-state index contributed by atoms with van der Waals surface area (Å²) in [5, 5.41) is 5.87. The molecule has 1 amide bonds. The van der Waals surface area contributed by atoms with Crippen LogP contribution < -0.4 is 10.6 Å². The van der Waals surface area contributed by atoms with Gasteiger partial charge in [-0.15, -0.1) is 0 Å². The van der Waals surface area contributed by atoms with Gasteiger partial charge in [-0.1, -0.05) is 43.2 Å². The summed E-state index contributed by atoms with van der Waals surface area (Å²) in [7, 11) is 3.92. The first-order chi connectivity index (χ1) is 18.1. The third-order valence-electron chi connectivity index (χ3n) is 6.85. The number of alkyl halides is 3. The predicted molar refractivity (Wildman–Crippen MR) is 137 cm³/mol. The van der Waals surface area contributed by atoms with E-state index in [0.717, 1.165) is 49.9 Å². The lowest BCUT2D eigenvalue weighted by Crippen LogP contribution is -2.33. The molecule has 202 valence electrons. The van der Waals surface area contributed by atoms with Crippen molar-refractivity contribution < 1.29 is 22.4 Å². The summed E-state index contributed by atoms with van der Waals surface area (Å²) in [4.78, 5) is 24.6. The Morgan fingerprint density at radius 1 is 1.08 bits per heavy atom. The molecule has 4 rings (SSSR count). The molecule has 0 bridgehead atoms. The van der Waals surface area contributed by atoms with Crippen molar-refractivity contribution in [1.82, 2.24) is 20.2 Å². The van der Waals surface area contributed by atoms with Gasteiger partial charge in [-0.3, -0.25) is 4.79 Å². The van der Waals surface area contributed by atoms with Gasteiger partial charge in [-0.25, -0.2) is 14.4 Å². The van der Waals surface area contributed by atoms with Crippen molar-refractivity contribution in [3.63, 3.8) is 0 Å². The molecule has 2 aromatic carbocycles. The Morgan fingerprint density at radius 3 is 2.45 bits per heavy atom. The molecule has 1 aliphatic rings. The van der Waals surface area contributed by atoms with Crippen LogP contribution in [0.4, 0.5) is 23.5 Å². The fourth-order valence-corrected chi connectivity index (χ4v) is 4.98. The standard InChI is InChI=1S/C28H31F4N5O/c1-37(2)13-12-33-26-35-18-23(24(36-26)27(10-6-7-11-27)20-8-4-3-5-9-20)25(38)34-17-19-14-21(28(30,31)32)16-22(29)15-19/h3-5,8-9,14-16,18H,6-7,10-13,17H2,1-2H3,(H,34,38)(H,33,35,36). The van der Waals surface area contributed by atoms with E-state index >= 15 is 0 Å². The summed E-state index contributed by atoms with van der Waals surface area (Å²) in [6.45, 7) is 1.09. The molecule has 38 heavy (non-hydrogen) atoms. The third-order valence-corrected chi connectivity index (χ3v) is 6.85. The molecule has 0 saturated heterocycles. The molecule has 10 heteroatoms. The molecule has 1 heterocycles. The molecule has 3 aromatic rings. The van der Waals surface area contributed by atoms with E-state index in [9.17, 15) is 22.4 Å². The monoisotopic (exact) mass is 529 g/mol. The van der Waals surface area contributed by atoms with E-state index in [1.807, 2.05) is 49.3 Å². The summed E-state index contributed by atoms with van der Waals surface area (Å²) in [5.74, 6) is -1.14. The number of benzene rings is 2. The number of anilines is 1. The highest BCUT2D eigenvalue weighted by atomic mass is 19.4. The van der Waals surface area contributed by atoms with Gasteiger partial charge in [-0.2, -0.15) is 13.2 Å². The maximum atomic E-state index is 13.9. The predicted octanol–water partition coefficient (Wildman–Crippen LogP) is 5.40. The molecule has 2 N–H and O–H groups in total.